The first-order chi connectivity index (χ1) is 12.2. The molecule has 0 saturated carbocycles. The molecule has 0 fully saturated rings. The van der Waals surface area contributed by atoms with Gasteiger partial charge in [-0.2, -0.15) is 5.10 Å². The fourth-order valence-electron chi connectivity index (χ4n) is 2.86. The highest BCUT2D eigenvalue weighted by molar-refractivity contribution is 9.10. The minimum Gasteiger partial charge on any atom is -0.507 e. The summed E-state index contributed by atoms with van der Waals surface area (Å²) >= 11 is 3.42. The van der Waals surface area contributed by atoms with Crippen LogP contribution in [0.15, 0.2) is 88.6 Å². The molecular formula is C21H15BrN2O. The van der Waals surface area contributed by atoms with Crippen LogP contribution in [0.2, 0.25) is 0 Å². The number of fused-ring (bicyclic) bond motifs is 1. The van der Waals surface area contributed by atoms with E-state index < -0.39 is 0 Å². The Balaban J connectivity index is 1.83. The number of hydrogen-bond donors (Lipinski definition) is 1. The van der Waals surface area contributed by atoms with E-state index in [1.54, 1.807) is 18.3 Å². The van der Waals surface area contributed by atoms with Crippen molar-refractivity contribution in [3.63, 3.8) is 0 Å². The number of benzene rings is 3. The number of hydrogen-bond acceptors (Lipinski definition) is 2. The van der Waals surface area contributed by atoms with Crippen molar-refractivity contribution in [1.29, 1.82) is 0 Å². The Labute approximate surface area is 154 Å². The average molecular weight is 391 g/mol. The van der Waals surface area contributed by atoms with E-state index >= 15 is 0 Å². The average Bonchev–Trinajstić information content (AvgIpc) is 3.02. The molecular weight excluding hydrogens is 376 g/mol. The van der Waals surface area contributed by atoms with E-state index in [4.69, 9.17) is 0 Å². The van der Waals surface area contributed by atoms with Gasteiger partial charge in [-0.25, -0.2) is 4.68 Å². The molecule has 4 rings (SSSR count). The third kappa shape index (κ3) is 3.08. The lowest BCUT2D eigenvalue weighted by molar-refractivity contribution is 0.474. The van der Waals surface area contributed by atoms with E-state index in [-0.39, 0.29) is 5.75 Å². The first-order valence-electron chi connectivity index (χ1n) is 7.91. The third-order valence-corrected chi connectivity index (χ3v) is 4.58. The fourth-order valence-corrected chi connectivity index (χ4v) is 3.24. The molecule has 0 saturated heterocycles. The molecule has 0 aliphatic heterocycles. The number of nitrogens with zero attached hydrogens (tertiary/aromatic N) is 2. The summed E-state index contributed by atoms with van der Waals surface area (Å²) in [5.74, 6) is 0.201. The van der Waals surface area contributed by atoms with Gasteiger partial charge in [0.1, 0.15) is 5.75 Å². The van der Waals surface area contributed by atoms with Gasteiger partial charge in [0.25, 0.3) is 0 Å². The van der Waals surface area contributed by atoms with Gasteiger partial charge >= 0.3 is 0 Å². The summed E-state index contributed by atoms with van der Waals surface area (Å²) in [6.07, 6.45) is 3.69. The number of phenolic OH excluding ortho intramolecular Hbond substituents is 1. The van der Waals surface area contributed by atoms with Crippen LogP contribution < -0.4 is 0 Å². The number of halogens is 1. The second-order valence-electron chi connectivity index (χ2n) is 5.72. The van der Waals surface area contributed by atoms with Gasteiger partial charge in [-0.1, -0.05) is 64.5 Å². The van der Waals surface area contributed by atoms with Gasteiger partial charge in [-0.3, -0.25) is 0 Å². The zero-order valence-electron chi connectivity index (χ0n) is 13.3. The second kappa shape index (κ2) is 6.57. The van der Waals surface area contributed by atoms with Crippen molar-refractivity contribution in [2.45, 2.75) is 0 Å². The quantitative estimate of drug-likeness (QED) is 0.450. The number of para-hydroxylation sites is 1. The molecule has 122 valence electrons. The Hall–Kier alpha value is -2.85. The summed E-state index contributed by atoms with van der Waals surface area (Å²) in [6, 6.07) is 23.7. The van der Waals surface area contributed by atoms with Gasteiger partial charge < -0.3 is 5.11 Å². The predicted octanol–water partition coefficient (Wildman–Crippen LogP) is 5.66. The molecule has 25 heavy (non-hydrogen) atoms. The topological polar surface area (TPSA) is 37.5 Å². The molecule has 4 aromatic rings. The van der Waals surface area contributed by atoms with Crippen molar-refractivity contribution in [1.82, 2.24) is 4.68 Å². The number of phenols is 1. The van der Waals surface area contributed by atoms with Crippen LogP contribution in [-0.2, 0) is 0 Å². The fraction of sp³-hybridized carbons (Fsp3) is 0. The standard InChI is InChI=1S/C21H15BrN2O/c22-17-10-11-21(25)16(12-17)13-23-24-14-19(15-6-2-1-3-7-15)18-8-4-5-9-20(18)24/h1-14,25H. The van der Waals surface area contributed by atoms with Crippen LogP contribution in [0.4, 0.5) is 0 Å². The van der Waals surface area contributed by atoms with Crippen LogP contribution >= 0.6 is 15.9 Å². The van der Waals surface area contributed by atoms with Gasteiger partial charge in [-0.05, 0) is 29.8 Å². The summed E-state index contributed by atoms with van der Waals surface area (Å²) in [4.78, 5) is 0. The van der Waals surface area contributed by atoms with Gasteiger partial charge in [0.2, 0.25) is 0 Å². The second-order valence-corrected chi connectivity index (χ2v) is 6.63. The van der Waals surface area contributed by atoms with E-state index in [0.717, 1.165) is 26.5 Å². The monoisotopic (exact) mass is 390 g/mol. The van der Waals surface area contributed by atoms with E-state index in [0.29, 0.717) is 5.56 Å². The zero-order chi connectivity index (χ0) is 17.2. The zero-order valence-corrected chi connectivity index (χ0v) is 14.9. The van der Waals surface area contributed by atoms with Gasteiger partial charge in [-0.15, -0.1) is 0 Å². The highest BCUT2D eigenvalue weighted by atomic mass is 79.9. The maximum Gasteiger partial charge on any atom is 0.124 e. The van der Waals surface area contributed by atoms with Crippen LogP contribution in [0.3, 0.4) is 0 Å². The van der Waals surface area contributed by atoms with E-state index in [9.17, 15) is 5.11 Å². The molecule has 0 spiro atoms. The lowest BCUT2D eigenvalue weighted by Crippen LogP contribution is -1.89. The van der Waals surface area contributed by atoms with Crippen LogP contribution in [0.1, 0.15) is 5.56 Å². The molecule has 0 bridgehead atoms. The van der Waals surface area contributed by atoms with Crippen LogP contribution in [-0.4, -0.2) is 16.0 Å². The number of aromatic nitrogens is 1. The Morgan fingerprint density at radius 2 is 1.68 bits per heavy atom. The Morgan fingerprint density at radius 3 is 2.52 bits per heavy atom. The molecule has 1 heterocycles. The molecule has 1 aromatic heterocycles. The van der Waals surface area contributed by atoms with Crippen molar-refractivity contribution in [3.05, 3.63) is 89.0 Å². The predicted molar refractivity (Wildman–Crippen MR) is 106 cm³/mol. The minimum atomic E-state index is 0.201. The van der Waals surface area contributed by atoms with Crippen LogP contribution in [0, 0.1) is 0 Å². The summed E-state index contributed by atoms with van der Waals surface area (Å²) in [7, 11) is 0. The normalized spacial score (nSPS) is 11.4. The van der Waals surface area contributed by atoms with E-state index in [1.807, 2.05) is 53.3 Å². The van der Waals surface area contributed by atoms with E-state index in [2.05, 4.69) is 39.2 Å². The summed E-state index contributed by atoms with van der Waals surface area (Å²) in [5.41, 5.74) is 3.96. The molecule has 0 amide bonds. The van der Waals surface area contributed by atoms with E-state index in [1.165, 1.54) is 0 Å². The molecule has 0 radical (unpaired) electrons. The molecule has 4 heteroatoms. The third-order valence-electron chi connectivity index (χ3n) is 4.09. The van der Waals surface area contributed by atoms with Gasteiger partial charge in [0, 0.05) is 27.2 Å². The van der Waals surface area contributed by atoms with Crippen LogP contribution in [0.5, 0.6) is 5.75 Å². The first kappa shape index (κ1) is 15.7. The highest BCUT2D eigenvalue weighted by Gasteiger charge is 2.09. The molecule has 0 unspecified atom stereocenters. The van der Waals surface area contributed by atoms with Gasteiger partial charge in [0.15, 0.2) is 0 Å². The number of rotatable bonds is 3. The summed E-state index contributed by atoms with van der Waals surface area (Å²) in [6.45, 7) is 0. The molecule has 0 aliphatic carbocycles. The molecule has 0 aliphatic rings. The van der Waals surface area contributed by atoms with Gasteiger partial charge in [0.05, 0.1) is 11.7 Å². The largest absolute Gasteiger partial charge is 0.507 e. The first-order valence-corrected chi connectivity index (χ1v) is 8.70. The maximum absolute atomic E-state index is 9.99. The van der Waals surface area contributed by atoms with Crippen LogP contribution in [0.25, 0.3) is 22.0 Å². The smallest absolute Gasteiger partial charge is 0.124 e. The van der Waals surface area contributed by atoms with Crippen molar-refractivity contribution in [3.8, 4) is 16.9 Å². The summed E-state index contributed by atoms with van der Waals surface area (Å²) < 4.78 is 2.74. The highest BCUT2D eigenvalue weighted by Crippen LogP contribution is 2.30. The molecule has 0 atom stereocenters. The Morgan fingerprint density at radius 1 is 0.920 bits per heavy atom. The molecule has 3 nitrogen and oxygen atoms in total. The van der Waals surface area contributed by atoms with Crippen molar-refractivity contribution in [2.24, 2.45) is 5.10 Å². The van der Waals surface area contributed by atoms with Crippen molar-refractivity contribution < 1.29 is 5.11 Å². The lowest BCUT2D eigenvalue weighted by Gasteiger charge is -2.00. The summed E-state index contributed by atoms with van der Waals surface area (Å²) in [5, 5.41) is 15.7. The van der Waals surface area contributed by atoms with Crippen molar-refractivity contribution in [2.75, 3.05) is 0 Å². The van der Waals surface area contributed by atoms with Crippen molar-refractivity contribution >= 4 is 33.0 Å². The Kier molecular flexibility index (Phi) is 4.12. The minimum absolute atomic E-state index is 0.201. The maximum atomic E-state index is 9.99. The SMILES string of the molecule is Oc1ccc(Br)cc1C=Nn1cc(-c2ccccc2)c2ccccc21. The lowest BCUT2D eigenvalue weighted by atomic mass is 10.1. The number of aromatic hydroxyl groups is 1. The Bertz CT molecular complexity index is 1070. The molecule has 3 aromatic carbocycles. The molecule has 1 N–H and O–H groups in total.